The molecule has 0 radical (unpaired) electrons. The Balaban J connectivity index is 1.46. The molecule has 2 aromatic carbocycles. The number of piperidine rings is 1. The van der Waals surface area contributed by atoms with Gasteiger partial charge in [-0.1, -0.05) is 6.07 Å². The molecule has 3 rings (SSSR count). The molecule has 1 aliphatic rings. The van der Waals surface area contributed by atoms with Crippen molar-refractivity contribution in [1.29, 1.82) is 0 Å². The van der Waals surface area contributed by atoms with Crippen molar-refractivity contribution in [3.05, 3.63) is 59.4 Å². The lowest BCUT2D eigenvalue weighted by molar-refractivity contribution is -0.139. The number of nitrogens with one attached hydrogen (secondary N) is 1. The topological polar surface area (TPSA) is 84.9 Å². The number of carbonyl (C=O) groups excluding carboxylic acids is 3. The SMILES string of the molecule is Cc1ccc(NC(=O)COC(=O)c2ccc(OCC(=O)N3C(C)CCCC3C)cc2)c(F)c1. The minimum atomic E-state index is -0.701. The lowest BCUT2D eigenvalue weighted by Crippen LogP contribution is -2.49. The van der Waals surface area contributed by atoms with E-state index in [4.69, 9.17) is 9.47 Å². The molecule has 1 saturated heterocycles. The number of nitrogens with zero attached hydrogens (tertiary/aromatic N) is 1. The fourth-order valence-electron chi connectivity index (χ4n) is 3.94. The van der Waals surface area contributed by atoms with Crippen molar-refractivity contribution in [3.63, 3.8) is 0 Å². The van der Waals surface area contributed by atoms with Gasteiger partial charge in [-0.3, -0.25) is 9.59 Å². The van der Waals surface area contributed by atoms with E-state index in [1.807, 2.05) is 18.7 Å². The molecule has 33 heavy (non-hydrogen) atoms. The minimum absolute atomic E-state index is 0.0195. The molecule has 0 aliphatic carbocycles. The predicted octanol–water partition coefficient (Wildman–Crippen LogP) is 4.10. The van der Waals surface area contributed by atoms with Crippen molar-refractivity contribution in [1.82, 2.24) is 4.90 Å². The van der Waals surface area contributed by atoms with E-state index in [1.165, 1.54) is 24.3 Å². The Labute approximate surface area is 192 Å². The highest BCUT2D eigenvalue weighted by Crippen LogP contribution is 2.23. The molecule has 1 aliphatic heterocycles. The summed E-state index contributed by atoms with van der Waals surface area (Å²) in [4.78, 5) is 38.6. The number of carbonyl (C=O) groups is 3. The number of hydrogen-bond donors (Lipinski definition) is 1. The molecule has 176 valence electrons. The number of likely N-dealkylation sites (tertiary alicyclic amines) is 1. The first-order valence-corrected chi connectivity index (χ1v) is 11.0. The number of benzene rings is 2. The number of esters is 1. The number of amides is 2. The zero-order valence-electron chi connectivity index (χ0n) is 19.1. The monoisotopic (exact) mass is 456 g/mol. The molecule has 0 bridgehead atoms. The van der Waals surface area contributed by atoms with Crippen LogP contribution in [0.1, 0.15) is 49.0 Å². The number of anilines is 1. The molecule has 0 saturated carbocycles. The van der Waals surface area contributed by atoms with Crippen LogP contribution in [0.15, 0.2) is 42.5 Å². The number of ether oxygens (including phenoxy) is 2. The maximum atomic E-state index is 13.8. The zero-order chi connectivity index (χ0) is 24.0. The van der Waals surface area contributed by atoms with Gasteiger partial charge in [-0.05, 0) is 82.0 Å². The van der Waals surface area contributed by atoms with Crippen LogP contribution in [0, 0.1) is 12.7 Å². The first kappa shape index (κ1) is 24.2. The summed E-state index contributed by atoms with van der Waals surface area (Å²) in [7, 11) is 0. The van der Waals surface area contributed by atoms with Crippen molar-refractivity contribution < 1.29 is 28.2 Å². The molecule has 0 spiro atoms. The molecular formula is C25H29FN2O5. The average Bonchev–Trinajstić information content (AvgIpc) is 2.78. The largest absolute Gasteiger partial charge is 0.484 e. The molecular weight excluding hydrogens is 427 g/mol. The van der Waals surface area contributed by atoms with Crippen LogP contribution in [0.3, 0.4) is 0 Å². The molecule has 1 N–H and O–H groups in total. The molecule has 1 heterocycles. The van der Waals surface area contributed by atoms with Gasteiger partial charge in [0, 0.05) is 12.1 Å². The van der Waals surface area contributed by atoms with Crippen LogP contribution in [-0.2, 0) is 14.3 Å². The second-order valence-electron chi connectivity index (χ2n) is 8.35. The zero-order valence-corrected chi connectivity index (χ0v) is 19.1. The Morgan fingerprint density at radius 1 is 1.03 bits per heavy atom. The maximum Gasteiger partial charge on any atom is 0.338 e. The van der Waals surface area contributed by atoms with Crippen molar-refractivity contribution in [2.24, 2.45) is 0 Å². The van der Waals surface area contributed by atoms with Crippen LogP contribution in [0.25, 0.3) is 0 Å². The smallest absolute Gasteiger partial charge is 0.338 e. The van der Waals surface area contributed by atoms with Gasteiger partial charge in [0.2, 0.25) is 0 Å². The summed E-state index contributed by atoms with van der Waals surface area (Å²) >= 11 is 0. The first-order chi connectivity index (χ1) is 15.7. The van der Waals surface area contributed by atoms with Crippen molar-refractivity contribution in [2.75, 3.05) is 18.5 Å². The number of hydrogen-bond acceptors (Lipinski definition) is 5. The molecule has 2 amide bonds. The van der Waals surface area contributed by atoms with Gasteiger partial charge in [-0.2, -0.15) is 0 Å². The average molecular weight is 457 g/mol. The van der Waals surface area contributed by atoms with Crippen molar-refractivity contribution >= 4 is 23.5 Å². The van der Waals surface area contributed by atoms with E-state index < -0.39 is 24.3 Å². The van der Waals surface area contributed by atoms with E-state index in [-0.39, 0.29) is 35.8 Å². The second-order valence-corrected chi connectivity index (χ2v) is 8.35. The summed E-state index contributed by atoms with van der Waals surface area (Å²) in [5.41, 5.74) is 0.969. The van der Waals surface area contributed by atoms with Gasteiger partial charge in [0.25, 0.3) is 11.8 Å². The number of aryl methyl sites for hydroxylation is 1. The minimum Gasteiger partial charge on any atom is -0.484 e. The van der Waals surface area contributed by atoms with E-state index in [9.17, 15) is 18.8 Å². The summed E-state index contributed by atoms with van der Waals surface area (Å²) in [5.74, 6) is -1.52. The van der Waals surface area contributed by atoms with Crippen LogP contribution in [-0.4, -0.2) is 48.0 Å². The highest BCUT2D eigenvalue weighted by Gasteiger charge is 2.29. The van der Waals surface area contributed by atoms with Gasteiger partial charge < -0.3 is 19.7 Å². The fraction of sp³-hybridized carbons (Fsp3) is 0.400. The van der Waals surface area contributed by atoms with E-state index in [1.54, 1.807) is 25.1 Å². The van der Waals surface area contributed by atoms with Crippen LogP contribution < -0.4 is 10.1 Å². The second kappa shape index (κ2) is 10.9. The predicted molar refractivity (Wildman–Crippen MR) is 122 cm³/mol. The van der Waals surface area contributed by atoms with Gasteiger partial charge in [0.15, 0.2) is 13.2 Å². The Morgan fingerprint density at radius 2 is 1.70 bits per heavy atom. The van der Waals surface area contributed by atoms with Gasteiger partial charge in [-0.15, -0.1) is 0 Å². The quantitative estimate of drug-likeness (QED) is 0.634. The molecule has 7 nitrogen and oxygen atoms in total. The van der Waals surface area contributed by atoms with Crippen LogP contribution in [0.2, 0.25) is 0 Å². The molecule has 2 aromatic rings. The lowest BCUT2D eigenvalue weighted by atomic mass is 9.97. The van der Waals surface area contributed by atoms with E-state index in [0.717, 1.165) is 24.8 Å². The van der Waals surface area contributed by atoms with E-state index in [0.29, 0.717) is 5.75 Å². The lowest BCUT2D eigenvalue weighted by Gasteiger charge is -2.38. The molecule has 0 aromatic heterocycles. The van der Waals surface area contributed by atoms with Crippen LogP contribution in [0.5, 0.6) is 5.75 Å². The van der Waals surface area contributed by atoms with Crippen molar-refractivity contribution in [2.45, 2.75) is 52.1 Å². The third-order valence-electron chi connectivity index (χ3n) is 5.67. The van der Waals surface area contributed by atoms with Crippen LogP contribution in [0.4, 0.5) is 10.1 Å². The Hall–Kier alpha value is -3.42. The Bertz CT molecular complexity index is 998. The van der Waals surface area contributed by atoms with Crippen molar-refractivity contribution in [3.8, 4) is 5.75 Å². The maximum absolute atomic E-state index is 13.8. The standard InChI is InChI=1S/C25H29FN2O5/c1-16-7-12-22(21(26)13-16)27-23(29)14-33-25(31)19-8-10-20(11-9-19)32-15-24(30)28-17(2)5-4-6-18(28)3/h7-13,17-18H,4-6,14-15H2,1-3H3,(H,27,29). The summed E-state index contributed by atoms with van der Waals surface area (Å²) < 4.78 is 24.4. The Morgan fingerprint density at radius 3 is 2.33 bits per heavy atom. The third kappa shape index (κ3) is 6.54. The normalized spacial score (nSPS) is 17.9. The Kier molecular flexibility index (Phi) is 8.03. The van der Waals surface area contributed by atoms with Crippen LogP contribution >= 0.6 is 0 Å². The summed E-state index contributed by atoms with van der Waals surface area (Å²) in [6, 6.07) is 10.9. The molecule has 2 unspecified atom stereocenters. The first-order valence-electron chi connectivity index (χ1n) is 11.0. The molecule has 2 atom stereocenters. The summed E-state index contributed by atoms with van der Waals surface area (Å²) in [6.45, 7) is 5.20. The van der Waals surface area contributed by atoms with Gasteiger partial charge in [-0.25, -0.2) is 9.18 Å². The number of halogens is 1. The third-order valence-corrected chi connectivity index (χ3v) is 5.67. The van der Waals surface area contributed by atoms with Gasteiger partial charge in [0.05, 0.1) is 11.3 Å². The highest BCUT2D eigenvalue weighted by molar-refractivity contribution is 5.95. The highest BCUT2D eigenvalue weighted by atomic mass is 19.1. The molecule has 8 heteroatoms. The number of rotatable bonds is 7. The van der Waals surface area contributed by atoms with E-state index >= 15 is 0 Å². The van der Waals surface area contributed by atoms with Gasteiger partial charge >= 0.3 is 5.97 Å². The summed E-state index contributed by atoms with van der Waals surface area (Å²) in [6.07, 6.45) is 3.10. The van der Waals surface area contributed by atoms with Gasteiger partial charge in [0.1, 0.15) is 11.6 Å². The molecule has 1 fully saturated rings. The fourth-order valence-corrected chi connectivity index (χ4v) is 3.94. The summed E-state index contributed by atoms with van der Waals surface area (Å²) in [5, 5.41) is 2.37. The van der Waals surface area contributed by atoms with E-state index in [2.05, 4.69) is 5.32 Å².